The molecule has 3 rings (SSSR count). The Morgan fingerprint density at radius 1 is 0.795 bits per heavy atom. The molecule has 0 spiro atoms. The van der Waals surface area contributed by atoms with Crippen molar-refractivity contribution < 1.29 is 6.16 Å². The van der Waals surface area contributed by atoms with E-state index in [1.165, 1.54) is 22.3 Å². The first-order chi connectivity index (χ1) is 17.9. The van der Waals surface area contributed by atoms with Crippen LogP contribution in [0.25, 0.3) is 5.32 Å². The molecular weight excluding hydrogens is 506 g/mol. The summed E-state index contributed by atoms with van der Waals surface area (Å²) >= 11 is 0. The third-order valence-electron chi connectivity index (χ3n) is 6.91. The number of allylic oxidation sites excluding steroid dienone is 2. The Kier molecular flexibility index (Phi) is 16.2. The van der Waals surface area contributed by atoms with Crippen LogP contribution < -0.4 is 0 Å². The van der Waals surface area contributed by atoms with Crippen molar-refractivity contribution in [3.63, 3.8) is 0 Å². The van der Waals surface area contributed by atoms with Gasteiger partial charge in [-0.05, 0) is 48.8 Å². The molecule has 1 aliphatic heterocycles. The molecule has 0 radical (unpaired) electrons. The fourth-order valence-electron chi connectivity index (χ4n) is 4.66. The third-order valence-corrected chi connectivity index (χ3v) is 6.91. The van der Waals surface area contributed by atoms with Gasteiger partial charge in [0, 0.05) is 18.8 Å². The Bertz CT molecular complexity index is 1030. The first-order valence-corrected chi connectivity index (χ1v) is 14.4. The van der Waals surface area contributed by atoms with Crippen LogP contribution >= 0.6 is 0 Å². The maximum atomic E-state index is 5.10. The van der Waals surface area contributed by atoms with Crippen molar-refractivity contribution in [1.82, 2.24) is 4.90 Å². The topological polar surface area (TPSA) is 38.9 Å². The summed E-state index contributed by atoms with van der Waals surface area (Å²) < 4.78 is 5.10. The van der Waals surface area contributed by atoms with Gasteiger partial charge in [-0.2, -0.15) is 5.70 Å². The fraction of sp³-hybridized carbons (Fsp3) is 0.559. The fourth-order valence-corrected chi connectivity index (χ4v) is 4.66. The van der Waals surface area contributed by atoms with E-state index in [-0.39, 0.29) is 39.2 Å². The van der Waals surface area contributed by atoms with Gasteiger partial charge in [0.2, 0.25) is 0 Å². The normalized spacial score (nSPS) is 14.9. The van der Waals surface area contributed by atoms with Crippen LogP contribution in [0.5, 0.6) is 0 Å². The summed E-state index contributed by atoms with van der Waals surface area (Å²) in [6.07, 6.45) is 2.11. The number of benzene rings is 2. The molecule has 0 saturated carbocycles. The molecule has 39 heavy (non-hydrogen) atoms. The van der Waals surface area contributed by atoms with Crippen LogP contribution in [-0.4, -0.2) is 81.7 Å². The molecular formula is C34H53CaN3O. The number of hydrogen-bond donors (Lipinski definition) is 0. The predicted molar refractivity (Wildman–Crippen MR) is 174 cm³/mol. The molecule has 5 heteroatoms. The average Bonchev–Trinajstić information content (AvgIpc) is 2.84. The van der Waals surface area contributed by atoms with Gasteiger partial charge in [-0.15, -0.1) is 5.69 Å². The zero-order valence-electron chi connectivity index (χ0n) is 27.6. The van der Waals surface area contributed by atoms with E-state index in [1.54, 1.807) is 0 Å². The van der Waals surface area contributed by atoms with Gasteiger partial charge in [0.15, 0.2) is 0 Å². The molecule has 1 fully saturated rings. The first kappa shape index (κ1) is 35.9. The van der Waals surface area contributed by atoms with Gasteiger partial charge in [-0.3, -0.25) is 4.99 Å². The second-order valence-electron chi connectivity index (χ2n) is 11.8. The van der Waals surface area contributed by atoms with E-state index >= 15 is 0 Å². The van der Waals surface area contributed by atoms with Crippen molar-refractivity contribution in [2.24, 2.45) is 4.99 Å². The SMILES string of the molecule is CC(/C=C(/C)[N-]c1c(C(C)C)cccc1C(C)C)=Nc1c(C(C)C)cccc1C(C)C.CN1CCOCC1.[Ca+2].[H-]. The molecule has 0 unspecified atom stereocenters. The summed E-state index contributed by atoms with van der Waals surface area (Å²) in [6.45, 7) is 26.1. The zero-order valence-corrected chi connectivity index (χ0v) is 28.8. The first-order valence-electron chi connectivity index (χ1n) is 14.4. The number of nitrogens with zero attached hydrogens (tertiary/aromatic N) is 3. The minimum absolute atomic E-state index is 0. The van der Waals surface area contributed by atoms with Crippen molar-refractivity contribution in [1.29, 1.82) is 0 Å². The monoisotopic (exact) mass is 559 g/mol. The molecule has 2 aromatic carbocycles. The molecule has 1 aliphatic rings. The largest absolute Gasteiger partial charge is 2.00 e. The standard InChI is InChI=1S/C29H41N2.C5H11NO.Ca.H/c1-18(2)24-13-11-14-25(19(3)4)28(24)30-22(9)17-23(10)31-29-26(20(5)6)15-12-16-27(29)21(7)8;1-6-2-4-7-5-3-6;;/h11-21H,1-10H3;2-5H2,1H3;;/q-1;;+2;-1/b22-17-,31-23?;;;. The van der Waals surface area contributed by atoms with E-state index < -0.39 is 0 Å². The molecule has 1 heterocycles. The predicted octanol–water partition coefficient (Wildman–Crippen LogP) is 9.56. The maximum absolute atomic E-state index is 5.10. The summed E-state index contributed by atoms with van der Waals surface area (Å²) in [5.41, 5.74) is 9.45. The maximum Gasteiger partial charge on any atom is 2.00 e. The molecule has 0 bridgehead atoms. The van der Waals surface area contributed by atoms with Crippen molar-refractivity contribution in [2.45, 2.75) is 92.9 Å². The molecule has 0 amide bonds. The minimum Gasteiger partial charge on any atom is -1.00 e. The van der Waals surface area contributed by atoms with Gasteiger partial charge in [0.05, 0.1) is 18.9 Å². The number of para-hydroxylation sites is 2. The van der Waals surface area contributed by atoms with Gasteiger partial charge < -0.3 is 16.4 Å². The molecule has 212 valence electrons. The molecule has 0 aromatic heterocycles. The Hall–Kier alpha value is -1.17. The summed E-state index contributed by atoms with van der Waals surface area (Å²) in [5, 5.41) is 5.08. The van der Waals surface area contributed by atoms with E-state index in [9.17, 15) is 0 Å². The number of morpholine rings is 1. The van der Waals surface area contributed by atoms with Crippen molar-refractivity contribution in [2.75, 3.05) is 33.4 Å². The molecule has 4 nitrogen and oxygen atoms in total. The second kappa shape index (κ2) is 17.6. The second-order valence-corrected chi connectivity index (χ2v) is 11.8. The summed E-state index contributed by atoms with van der Waals surface area (Å²) in [7, 11) is 2.11. The number of likely N-dealkylation sites (N-methyl/N-ethyl adjacent to an activating group) is 1. The smallest absolute Gasteiger partial charge is 1.00 e. The van der Waals surface area contributed by atoms with E-state index in [2.05, 4.69) is 124 Å². The van der Waals surface area contributed by atoms with E-state index in [1.807, 2.05) is 0 Å². The number of ether oxygens (including phenoxy) is 1. The van der Waals surface area contributed by atoms with Crippen LogP contribution in [0.15, 0.2) is 53.2 Å². The van der Waals surface area contributed by atoms with Crippen molar-refractivity contribution in [3.8, 4) is 0 Å². The van der Waals surface area contributed by atoms with Gasteiger partial charge in [-0.25, -0.2) is 0 Å². The van der Waals surface area contributed by atoms with Crippen molar-refractivity contribution >= 4 is 54.8 Å². The Balaban J connectivity index is 0.00000147. The summed E-state index contributed by atoms with van der Waals surface area (Å²) in [6, 6.07) is 13.1. The Morgan fingerprint density at radius 3 is 1.56 bits per heavy atom. The van der Waals surface area contributed by atoms with Crippen LogP contribution in [0.2, 0.25) is 0 Å². The van der Waals surface area contributed by atoms with Crippen LogP contribution in [0.4, 0.5) is 11.4 Å². The third kappa shape index (κ3) is 11.3. The molecule has 2 aromatic rings. The van der Waals surface area contributed by atoms with Crippen LogP contribution in [0.1, 0.15) is 117 Å². The van der Waals surface area contributed by atoms with Crippen molar-refractivity contribution in [3.05, 3.63) is 75.7 Å². The van der Waals surface area contributed by atoms with Crippen LogP contribution in [-0.2, 0) is 4.74 Å². The molecule has 0 atom stereocenters. The van der Waals surface area contributed by atoms with Crippen LogP contribution in [0.3, 0.4) is 0 Å². The van der Waals surface area contributed by atoms with E-state index in [0.717, 1.165) is 49.1 Å². The van der Waals surface area contributed by atoms with E-state index in [0.29, 0.717) is 23.7 Å². The Labute approximate surface area is 271 Å². The number of rotatable bonds is 8. The molecule has 0 aliphatic carbocycles. The number of aliphatic imine (C=N–C) groups is 1. The molecule has 1 saturated heterocycles. The number of hydrogen-bond acceptors (Lipinski definition) is 3. The van der Waals surface area contributed by atoms with Gasteiger partial charge >= 0.3 is 37.7 Å². The summed E-state index contributed by atoms with van der Waals surface area (Å²) in [4.78, 5) is 7.35. The van der Waals surface area contributed by atoms with E-state index in [4.69, 9.17) is 15.0 Å². The Morgan fingerprint density at radius 2 is 1.21 bits per heavy atom. The minimum atomic E-state index is 0. The average molecular weight is 560 g/mol. The molecule has 0 N–H and O–H groups in total. The zero-order chi connectivity index (χ0) is 28.4. The summed E-state index contributed by atoms with van der Waals surface area (Å²) in [5.74, 6) is 1.75. The van der Waals surface area contributed by atoms with Gasteiger partial charge in [0.25, 0.3) is 0 Å². The quantitative estimate of drug-likeness (QED) is 0.239. The van der Waals surface area contributed by atoms with Gasteiger partial charge in [-0.1, -0.05) is 116 Å². The van der Waals surface area contributed by atoms with Crippen LogP contribution in [0, 0.1) is 0 Å². The van der Waals surface area contributed by atoms with Gasteiger partial charge in [0.1, 0.15) is 0 Å².